The summed E-state index contributed by atoms with van der Waals surface area (Å²) in [5.41, 5.74) is 5.05. The Morgan fingerprint density at radius 2 is 2.00 bits per heavy atom. The van der Waals surface area contributed by atoms with Crippen LogP contribution in [0.25, 0.3) is 0 Å². The fraction of sp³-hybridized carbons (Fsp3) is 0.941. The second-order valence-corrected chi connectivity index (χ2v) is 7.85. The Balaban J connectivity index is 2.47. The Hall–Kier alpha value is -0.930. The summed E-state index contributed by atoms with van der Waals surface area (Å²) in [7, 11) is 0. The van der Waals surface area contributed by atoms with Crippen LogP contribution in [0.1, 0.15) is 41.0 Å². The van der Waals surface area contributed by atoms with Crippen molar-refractivity contribution in [2.24, 2.45) is 5.73 Å². The van der Waals surface area contributed by atoms with Crippen molar-refractivity contribution in [2.45, 2.75) is 64.6 Å². The van der Waals surface area contributed by atoms with Crippen molar-refractivity contribution < 1.29 is 24.1 Å². The van der Waals surface area contributed by atoms with Gasteiger partial charge in [-0.15, -0.1) is 0 Å². The van der Waals surface area contributed by atoms with E-state index in [1.807, 2.05) is 13.8 Å². The van der Waals surface area contributed by atoms with Crippen LogP contribution >= 0.6 is 0 Å². The summed E-state index contributed by atoms with van der Waals surface area (Å²) in [5.74, 6) is -0.576. The van der Waals surface area contributed by atoms with Crippen LogP contribution in [-0.4, -0.2) is 79.0 Å². The van der Waals surface area contributed by atoms with Crippen molar-refractivity contribution in [3.63, 3.8) is 0 Å². The number of amides is 1. The highest BCUT2D eigenvalue weighted by Gasteiger charge is 2.32. The Kier molecular flexibility index (Phi) is 8.56. The van der Waals surface area contributed by atoms with Gasteiger partial charge in [-0.05, 0) is 54.1 Å². The van der Waals surface area contributed by atoms with E-state index in [2.05, 4.69) is 10.2 Å². The Morgan fingerprint density at radius 1 is 1.40 bits per heavy atom. The summed E-state index contributed by atoms with van der Waals surface area (Å²) in [6.07, 6.45) is -0.446. The fourth-order valence-corrected chi connectivity index (χ4v) is 2.46. The minimum atomic E-state index is -0.722. The van der Waals surface area contributed by atoms with Gasteiger partial charge in [-0.2, -0.15) is 0 Å². The predicted molar refractivity (Wildman–Crippen MR) is 95.3 cm³/mol. The van der Waals surface area contributed by atoms with Crippen molar-refractivity contribution in [3.05, 3.63) is 0 Å². The third-order valence-electron chi connectivity index (χ3n) is 3.74. The molecule has 0 aromatic heterocycles. The molecule has 1 fully saturated rings. The number of nitrogens with one attached hydrogen (secondary N) is 1. The van der Waals surface area contributed by atoms with Crippen LogP contribution in [0, 0.1) is 0 Å². The van der Waals surface area contributed by atoms with Crippen molar-refractivity contribution in [3.8, 4) is 0 Å². The van der Waals surface area contributed by atoms with E-state index >= 15 is 0 Å². The molecule has 1 heterocycles. The van der Waals surface area contributed by atoms with Gasteiger partial charge in [0.25, 0.3) is 0 Å². The zero-order valence-electron chi connectivity index (χ0n) is 16.2. The van der Waals surface area contributed by atoms with Gasteiger partial charge in [-0.25, -0.2) is 4.79 Å². The molecule has 0 radical (unpaired) electrons. The summed E-state index contributed by atoms with van der Waals surface area (Å²) in [4.78, 5) is 13.8. The topological polar surface area (TPSA) is 106 Å². The van der Waals surface area contributed by atoms with Gasteiger partial charge < -0.3 is 30.4 Å². The molecule has 1 rings (SSSR count). The summed E-state index contributed by atoms with van der Waals surface area (Å²) in [6, 6.07) is 0.0516. The Morgan fingerprint density at radius 3 is 2.52 bits per heavy atom. The third kappa shape index (κ3) is 9.37. The van der Waals surface area contributed by atoms with Crippen molar-refractivity contribution in [1.82, 2.24) is 10.2 Å². The molecule has 8 nitrogen and oxygen atoms in total. The summed E-state index contributed by atoms with van der Waals surface area (Å²) in [5, 5.41) is 12.9. The molecule has 0 spiro atoms. The van der Waals surface area contributed by atoms with Crippen LogP contribution in [0.2, 0.25) is 0 Å². The molecular formula is C17H35N3O5. The first-order chi connectivity index (χ1) is 11.5. The van der Waals surface area contributed by atoms with Gasteiger partial charge in [0.05, 0.1) is 25.4 Å². The highest BCUT2D eigenvalue weighted by molar-refractivity contribution is 5.67. The molecule has 148 valence electrons. The number of carbonyl (C=O) groups excluding carboxylic acids is 1. The van der Waals surface area contributed by atoms with Gasteiger partial charge in [0.2, 0.25) is 0 Å². The van der Waals surface area contributed by atoms with Crippen LogP contribution in [0.3, 0.4) is 0 Å². The zero-order chi connectivity index (χ0) is 19.1. The van der Waals surface area contributed by atoms with E-state index in [4.69, 9.17) is 19.9 Å². The molecule has 0 saturated carbocycles. The average molecular weight is 361 g/mol. The van der Waals surface area contributed by atoms with E-state index in [0.29, 0.717) is 26.3 Å². The number of aliphatic hydroxyl groups is 1. The first-order valence-corrected chi connectivity index (χ1v) is 8.89. The number of hydrogen-bond acceptors (Lipinski definition) is 7. The lowest BCUT2D eigenvalue weighted by molar-refractivity contribution is -0.264. The van der Waals surface area contributed by atoms with E-state index in [9.17, 15) is 9.90 Å². The number of hydrogen-bond donors (Lipinski definition) is 3. The lowest BCUT2D eigenvalue weighted by Gasteiger charge is -2.40. The molecule has 1 atom stereocenters. The highest BCUT2D eigenvalue weighted by Crippen LogP contribution is 2.20. The Labute approximate surface area is 151 Å². The molecule has 8 heteroatoms. The molecule has 0 bridgehead atoms. The van der Waals surface area contributed by atoms with Gasteiger partial charge >= 0.3 is 6.09 Å². The minimum Gasteiger partial charge on any atom is -0.444 e. The summed E-state index contributed by atoms with van der Waals surface area (Å²) < 4.78 is 16.6. The van der Waals surface area contributed by atoms with Crippen LogP contribution in [0.5, 0.6) is 0 Å². The molecule has 1 amide bonds. The molecule has 1 saturated heterocycles. The first-order valence-electron chi connectivity index (χ1n) is 8.89. The maximum absolute atomic E-state index is 11.7. The van der Waals surface area contributed by atoms with Gasteiger partial charge in [-0.3, -0.25) is 4.90 Å². The lowest BCUT2D eigenvalue weighted by Crippen LogP contribution is -2.53. The molecule has 1 aliphatic heterocycles. The van der Waals surface area contributed by atoms with E-state index in [1.165, 1.54) is 0 Å². The molecule has 4 N–H and O–H groups in total. The molecule has 0 aromatic carbocycles. The standard InChI is InChI=1S/C17H35N3O5/c1-16(2,3)25-15(22)19-9-14(21)10-20(8-6-7-18)13-11-23-17(4,5)24-12-13/h13-14,21H,6-12,18H2,1-5H3,(H,19,22)/t14-/m0/s1. The number of rotatable bonds is 8. The largest absolute Gasteiger partial charge is 0.444 e. The van der Waals surface area contributed by atoms with Gasteiger partial charge in [0, 0.05) is 13.1 Å². The first kappa shape index (κ1) is 22.1. The molecular weight excluding hydrogens is 326 g/mol. The van der Waals surface area contributed by atoms with Gasteiger partial charge in [0.1, 0.15) is 5.60 Å². The van der Waals surface area contributed by atoms with E-state index in [0.717, 1.165) is 13.0 Å². The number of aliphatic hydroxyl groups excluding tert-OH is 1. The van der Waals surface area contributed by atoms with Crippen LogP contribution in [0.4, 0.5) is 4.79 Å². The van der Waals surface area contributed by atoms with E-state index in [1.54, 1.807) is 20.8 Å². The van der Waals surface area contributed by atoms with Crippen LogP contribution < -0.4 is 11.1 Å². The lowest BCUT2D eigenvalue weighted by atomic mass is 10.2. The number of carbonyl (C=O) groups is 1. The fourth-order valence-electron chi connectivity index (χ4n) is 2.46. The molecule has 0 aromatic rings. The minimum absolute atomic E-state index is 0.0516. The second kappa shape index (κ2) is 9.68. The monoisotopic (exact) mass is 361 g/mol. The van der Waals surface area contributed by atoms with Crippen LogP contribution in [-0.2, 0) is 14.2 Å². The number of alkyl carbamates (subject to hydrolysis) is 1. The maximum atomic E-state index is 11.7. The van der Waals surface area contributed by atoms with Crippen molar-refractivity contribution >= 4 is 6.09 Å². The third-order valence-corrected chi connectivity index (χ3v) is 3.74. The molecule has 0 aliphatic carbocycles. The highest BCUT2D eigenvalue weighted by atomic mass is 16.7. The quantitative estimate of drug-likeness (QED) is 0.583. The van der Waals surface area contributed by atoms with E-state index < -0.39 is 23.6 Å². The van der Waals surface area contributed by atoms with Crippen molar-refractivity contribution in [2.75, 3.05) is 39.4 Å². The number of nitrogens with two attached hydrogens (primary N) is 1. The molecule has 25 heavy (non-hydrogen) atoms. The SMILES string of the molecule is CC(C)(C)OC(=O)NC[C@H](O)CN(CCCN)C1COC(C)(C)OC1. The number of nitrogens with zero attached hydrogens (tertiary/aromatic N) is 1. The van der Waals surface area contributed by atoms with Gasteiger partial charge in [0.15, 0.2) is 5.79 Å². The Bertz CT molecular complexity index is 402. The predicted octanol–water partition coefficient (Wildman–Crippen LogP) is 0.674. The number of ether oxygens (including phenoxy) is 3. The molecule has 1 aliphatic rings. The maximum Gasteiger partial charge on any atom is 0.407 e. The van der Waals surface area contributed by atoms with E-state index in [-0.39, 0.29) is 12.6 Å². The summed E-state index contributed by atoms with van der Waals surface area (Å²) >= 11 is 0. The molecule has 0 unspecified atom stereocenters. The normalized spacial score (nSPS) is 19.7. The van der Waals surface area contributed by atoms with Crippen LogP contribution in [0.15, 0.2) is 0 Å². The second-order valence-electron chi connectivity index (χ2n) is 7.85. The zero-order valence-corrected chi connectivity index (χ0v) is 16.2. The van der Waals surface area contributed by atoms with Crippen molar-refractivity contribution in [1.29, 1.82) is 0 Å². The smallest absolute Gasteiger partial charge is 0.407 e. The summed E-state index contributed by atoms with van der Waals surface area (Å²) in [6.45, 7) is 12.0. The van der Waals surface area contributed by atoms with Gasteiger partial charge in [-0.1, -0.05) is 0 Å². The average Bonchev–Trinajstić information content (AvgIpc) is 2.48.